The number of fused-ring (bicyclic) bond motifs is 1. The predicted octanol–water partition coefficient (Wildman–Crippen LogP) is 0.657. The Morgan fingerprint density at radius 3 is 2.74 bits per heavy atom. The number of nitrogens with one attached hydrogen (secondary N) is 1. The highest BCUT2D eigenvalue weighted by atomic mass is 35.5. The predicted molar refractivity (Wildman–Crippen MR) is 75.9 cm³/mol. The van der Waals surface area contributed by atoms with Gasteiger partial charge in [0, 0.05) is 31.2 Å². The van der Waals surface area contributed by atoms with Gasteiger partial charge in [-0.3, -0.25) is 0 Å². The molecule has 110 valence electrons. The molecular weight excluding hydrogens is 288 g/mol. The minimum Gasteiger partial charge on any atom is -0.333 e. The Morgan fingerprint density at radius 2 is 2.16 bits per heavy atom. The number of imidazole rings is 1. The first-order valence-corrected chi connectivity index (χ1v) is 7.61. The Hall–Kier alpha value is -0.630. The molecule has 6 nitrogen and oxygen atoms in total. The Balaban J connectivity index is 0.00000180. The number of hydrogen-bond donors (Lipinski definition) is 2. The smallest absolute Gasteiger partial charge is 0.259 e. The Labute approximate surface area is 120 Å². The number of sulfonamides is 1. The highest BCUT2D eigenvalue weighted by Crippen LogP contribution is 2.17. The van der Waals surface area contributed by atoms with E-state index in [1.807, 2.05) is 4.57 Å². The molecule has 1 aromatic rings. The third-order valence-corrected chi connectivity index (χ3v) is 4.15. The van der Waals surface area contributed by atoms with Gasteiger partial charge in [-0.15, -0.1) is 12.4 Å². The minimum absolute atomic E-state index is 0. The lowest BCUT2D eigenvalue weighted by molar-refractivity contribution is 0.497. The van der Waals surface area contributed by atoms with Crippen molar-refractivity contribution in [2.24, 2.45) is 5.73 Å². The zero-order valence-corrected chi connectivity index (χ0v) is 12.9. The highest BCUT2D eigenvalue weighted by Gasteiger charge is 2.23. The summed E-state index contributed by atoms with van der Waals surface area (Å²) < 4.78 is 28.5. The van der Waals surface area contributed by atoms with Crippen LogP contribution in [-0.2, 0) is 23.0 Å². The number of aryl methyl sites for hydroxylation is 2. The molecule has 2 rings (SSSR count). The van der Waals surface area contributed by atoms with E-state index in [0.717, 1.165) is 31.6 Å². The van der Waals surface area contributed by atoms with Gasteiger partial charge < -0.3 is 10.3 Å². The maximum atomic E-state index is 12.1. The van der Waals surface area contributed by atoms with E-state index in [0.29, 0.717) is 0 Å². The van der Waals surface area contributed by atoms with E-state index in [4.69, 9.17) is 5.73 Å². The van der Waals surface area contributed by atoms with Crippen LogP contribution in [0.1, 0.15) is 32.5 Å². The van der Waals surface area contributed by atoms with Crippen LogP contribution in [0.5, 0.6) is 0 Å². The second-order valence-corrected chi connectivity index (χ2v) is 7.17. The molecule has 0 spiro atoms. The summed E-state index contributed by atoms with van der Waals surface area (Å²) in [5, 5.41) is 0.101. The average molecular weight is 309 g/mol. The Kier molecular flexibility index (Phi) is 5.00. The Morgan fingerprint density at radius 1 is 1.47 bits per heavy atom. The molecule has 0 bridgehead atoms. The molecule has 0 saturated carbocycles. The zero-order valence-electron chi connectivity index (χ0n) is 11.2. The fourth-order valence-corrected chi connectivity index (χ4v) is 3.07. The number of aromatic nitrogens is 2. The molecule has 0 radical (unpaired) electrons. The van der Waals surface area contributed by atoms with E-state index in [-0.39, 0.29) is 24.0 Å². The van der Waals surface area contributed by atoms with Gasteiger partial charge in [-0.05, 0) is 26.7 Å². The molecule has 0 fully saturated rings. The fraction of sp³-hybridized carbons (Fsp3) is 0.727. The summed E-state index contributed by atoms with van der Waals surface area (Å²) in [6.07, 6.45) is 4.60. The van der Waals surface area contributed by atoms with E-state index < -0.39 is 15.6 Å². The van der Waals surface area contributed by atoms with Gasteiger partial charge >= 0.3 is 0 Å². The van der Waals surface area contributed by atoms with Crippen molar-refractivity contribution >= 4 is 22.4 Å². The van der Waals surface area contributed by atoms with Crippen LogP contribution in [0.2, 0.25) is 0 Å². The summed E-state index contributed by atoms with van der Waals surface area (Å²) in [7, 11) is -3.55. The molecule has 2 heterocycles. The van der Waals surface area contributed by atoms with Crippen molar-refractivity contribution in [2.75, 3.05) is 6.54 Å². The maximum absolute atomic E-state index is 12.1. The van der Waals surface area contributed by atoms with Gasteiger partial charge in [0.15, 0.2) is 5.03 Å². The van der Waals surface area contributed by atoms with E-state index in [9.17, 15) is 8.42 Å². The normalized spacial score (nSPS) is 15.7. The third-order valence-electron chi connectivity index (χ3n) is 2.88. The SMILES string of the molecule is CC(C)(N)CNS(=O)(=O)c1cn2c(n1)CCCC2.Cl. The molecule has 19 heavy (non-hydrogen) atoms. The molecule has 0 saturated heterocycles. The first-order valence-electron chi connectivity index (χ1n) is 6.12. The molecule has 1 aliphatic rings. The number of nitrogens with two attached hydrogens (primary N) is 1. The van der Waals surface area contributed by atoms with Gasteiger partial charge in [0.2, 0.25) is 0 Å². The number of halogens is 1. The molecule has 0 amide bonds. The van der Waals surface area contributed by atoms with Crippen molar-refractivity contribution in [1.29, 1.82) is 0 Å². The summed E-state index contributed by atoms with van der Waals surface area (Å²) in [5.41, 5.74) is 5.19. The van der Waals surface area contributed by atoms with E-state index in [1.54, 1.807) is 20.0 Å². The molecular formula is C11H21ClN4O2S. The van der Waals surface area contributed by atoms with Gasteiger partial charge in [-0.25, -0.2) is 18.1 Å². The summed E-state index contributed by atoms with van der Waals surface area (Å²) >= 11 is 0. The van der Waals surface area contributed by atoms with E-state index in [2.05, 4.69) is 9.71 Å². The highest BCUT2D eigenvalue weighted by molar-refractivity contribution is 7.89. The second kappa shape index (κ2) is 5.78. The van der Waals surface area contributed by atoms with Crippen LogP contribution in [0.3, 0.4) is 0 Å². The van der Waals surface area contributed by atoms with Crippen LogP contribution in [0.15, 0.2) is 11.2 Å². The largest absolute Gasteiger partial charge is 0.333 e. The minimum atomic E-state index is -3.55. The molecule has 0 atom stereocenters. The van der Waals surface area contributed by atoms with Crippen LogP contribution >= 0.6 is 12.4 Å². The van der Waals surface area contributed by atoms with Gasteiger partial charge in [0.25, 0.3) is 10.0 Å². The van der Waals surface area contributed by atoms with Crippen molar-refractivity contribution in [2.45, 2.75) is 50.2 Å². The van der Waals surface area contributed by atoms with Crippen LogP contribution in [-0.4, -0.2) is 30.1 Å². The monoisotopic (exact) mass is 308 g/mol. The average Bonchev–Trinajstić information content (AvgIpc) is 2.70. The second-order valence-electron chi connectivity index (χ2n) is 5.46. The summed E-state index contributed by atoms with van der Waals surface area (Å²) in [5.74, 6) is 0.855. The lowest BCUT2D eigenvalue weighted by atomic mass is 10.1. The summed E-state index contributed by atoms with van der Waals surface area (Å²) in [6, 6.07) is 0. The fourth-order valence-electron chi connectivity index (χ4n) is 1.87. The number of hydrogen-bond acceptors (Lipinski definition) is 4. The number of nitrogens with zero attached hydrogens (tertiary/aromatic N) is 2. The lowest BCUT2D eigenvalue weighted by Crippen LogP contribution is -2.45. The zero-order chi connectivity index (χ0) is 13.4. The summed E-state index contributed by atoms with van der Waals surface area (Å²) in [4.78, 5) is 4.19. The van der Waals surface area contributed by atoms with E-state index in [1.165, 1.54) is 0 Å². The molecule has 0 aromatic carbocycles. The molecule has 0 aliphatic carbocycles. The maximum Gasteiger partial charge on any atom is 0.259 e. The molecule has 3 N–H and O–H groups in total. The van der Waals surface area contributed by atoms with Crippen molar-refractivity contribution in [3.63, 3.8) is 0 Å². The van der Waals surface area contributed by atoms with Crippen LogP contribution in [0, 0.1) is 0 Å². The first-order chi connectivity index (χ1) is 8.28. The van der Waals surface area contributed by atoms with Gasteiger partial charge in [-0.1, -0.05) is 0 Å². The number of rotatable bonds is 4. The summed E-state index contributed by atoms with van der Waals surface area (Å²) in [6.45, 7) is 4.58. The molecule has 1 aliphatic heterocycles. The van der Waals surface area contributed by atoms with Gasteiger partial charge in [-0.2, -0.15) is 0 Å². The third kappa shape index (κ3) is 4.17. The standard InChI is InChI=1S/C11H20N4O2S.ClH/c1-11(2,12)8-13-18(16,17)10-7-15-6-4-3-5-9(15)14-10;/h7,13H,3-6,8,12H2,1-2H3;1H. The van der Waals surface area contributed by atoms with Gasteiger partial charge in [0.05, 0.1) is 0 Å². The molecule has 8 heteroatoms. The van der Waals surface area contributed by atoms with Crippen LogP contribution in [0.25, 0.3) is 0 Å². The van der Waals surface area contributed by atoms with Crippen molar-refractivity contribution in [3.05, 3.63) is 12.0 Å². The topological polar surface area (TPSA) is 90.0 Å². The first kappa shape index (κ1) is 16.4. The van der Waals surface area contributed by atoms with Crippen molar-refractivity contribution < 1.29 is 8.42 Å². The quantitative estimate of drug-likeness (QED) is 0.855. The molecule has 1 aromatic heterocycles. The van der Waals surface area contributed by atoms with Crippen LogP contribution < -0.4 is 10.5 Å². The Bertz CT molecular complexity index is 510. The van der Waals surface area contributed by atoms with Crippen LogP contribution in [0.4, 0.5) is 0 Å². The lowest BCUT2D eigenvalue weighted by Gasteiger charge is -2.18. The van der Waals surface area contributed by atoms with Crippen molar-refractivity contribution in [3.8, 4) is 0 Å². The van der Waals surface area contributed by atoms with E-state index >= 15 is 0 Å². The van der Waals surface area contributed by atoms with Crippen molar-refractivity contribution in [1.82, 2.24) is 14.3 Å². The van der Waals surface area contributed by atoms with Gasteiger partial charge in [0.1, 0.15) is 5.82 Å². The molecule has 0 unspecified atom stereocenters.